The average molecular weight is 226 g/mol. The standard InChI is InChI=1S/C12H26N4/c1-10(2)8-14-12(16-13)15-9-11-6-4-3-5-7-11/h10-11H,3-9,13H2,1-2H3,(H2,14,15,16). The summed E-state index contributed by atoms with van der Waals surface area (Å²) >= 11 is 0. The van der Waals surface area contributed by atoms with Crippen molar-refractivity contribution in [2.45, 2.75) is 46.0 Å². The maximum atomic E-state index is 5.43. The summed E-state index contributed by atoms with van der Waals surface area (Å²) in [5.74, 6) is 7.53. The molecule has 0 aromatic carbocycles. The summed E-state index contributed by atoms with van der Waals surface area (Å²) in [6, 6.07) is 0. The van der Waals surface area contributed by atoms with E-state index in [1.165, 1.54) is 32.1 Å². The van der Waals surface area contributed by atoms with E-state index in [2.05, 4.69) is 29.6 Å². The van der Waals surface area contributed by atoms with Crippen LogP contribution in [0, 0.1) is 11.8 Å². The molecule has 0 spiro atoms. The fraction of sp³-hybridized carbons (Fsp3) is 0.917. The summed E-state index contributed by atoms with van der Waals surface area (Å²) in [6.45, 7) is 6.12. The monoisotopic (exact) mass is 226 g/mol. The van der Waals surface area contributed by atoms with Crippen LogP contribution in [0.15, 0.2) is 4.99 Å². The summed E-state index contributed by atoms with van der Waals surface area (Å²) in [5.41, 5.74) is 2.64. The van der Waals surface area contributed by atoms with Gasteiger partial charge in [0.25, 0.3) is 0 Å². The molecule has 0 heterocycles. The maximum absolute atomic E-state index is 5.43. The number of hydrogen-bond acceptors (Lipinski definition) is 2. The minimum Gasteiger partial charge on any atom is -0.355 e. The first kappa shape index (κ1) is 13.3. The van der Waals surface area contributed by atoms with Gasteiger partial charge in [0.05, 0.1) is 0 Å². The van der Waals surface area contributed by atoms with Gasteiger partial charge < -0.3 is 5.32 Å². The van der Waals surface area contributed by atoms with Crippen molar-refractivity contribution in [2.24, 2.45) is 22.7 Å². The Balaban J connectivity index is 2.24. The number of nitrogens with zero attached hydrogens (tertiary/aromatic N) is 1. The third kappa shape index (κ3) is 5.35. The molecule has 4 nitrogen and oxygen atoms in total. The highest BCUT2D eigenvalue weighted by Crippen LogP contribution is 2.22. The first-order chi connectivity index (χ1) is 7.72. The zero-order valence-electron chi connectivity index (χ0n) is 10.6. The van der Waals surface area contributed by atoms with E-state index in [0.29, 0.717) is 5.92 Å². The molecule has 0 atom stereocenters. The van der Waals surface area contributed by atoms with Crippen LogP contribution in [0.2, 0.25) is 0 Å². The highest BCUT2D eigenvalue weighted by atomic mass is 15.3. The molecule has 1 rings (SSSR count). The molecule has 0 radical (unpaired) electrons. The second kappa shape index (κ2) is 7.49. The second-order valence-electron chi connectivity index (χ2n) is 5.11. The van der Waals surface area contributed by atoms with Gasteiger partial charge in [-0.05, 0) is 24.7 Å². The first-order valence-electron chi connectivity index (χ1n) is 6.47. The highest BCUT2D eigenvalue weighted by molar-refractivity contribution is 5.79. The van der Waals surface area contributed by atoms with E-state index < -0.39 is 0 Å². The van der Waals surface area contributed by atoms with Gasteiger partial charge in [0, 0.05) is 13.1 Å². The summed E-state index contributed by atoms with van der Waals surface area (Å²) < 4.78 is 0. The van der Waals surface area contributed by atoms with E-state index in [1.807, 2.05) is 0 Å². The van der Waals surface area contributed by atoms with E-state index in [0.717, 1.165) is 25.0 Å². The Hall–Kier alpha value is -0.770. The molecule has 94 valence electrons. The van der Waals surface area contributed by atoms with Gasteiger partial charge in [-0.1, -0.05) is 33.1 Å². The predicted molar refractivity (Wildman–Crippen MR) is 69.0 cm³/mol. The van der Waals surface area contributed by atoms with Gasteiger partial charge in [0.2, 0.25) is 5.96 Å². The number of guanidine groups is 1. The largest absolute Gasteiger partial charge is 0.355 e. The van der Waals surface area contributed by atoms with Crippen molar-refractivity contribution in [1.29, 1.82) is 0 Å². The van der Waals surface area contributed by atoms with Crippen molar-refractivity contribution in [3.63, 3.8) is 0 Å². The van der Waals surface area contributed by atoms with Crippen LogP contribution in [0.3, 0.4) is 0 Å². The lowest BCUT2D eigenvalue weighted by Crippen LogP contribution is -2.43. The Kier molecular flexibility index (Phi) is 6.23. The molecule has 4 heteroatoms. The van der Waals surface area contributed by atoms with Crippen LogP contribution >= 0.6 is 0 Å². The lowest BCUT2D eigenvalue weighted by Gasteiger charge is -2.22. The molecule has 0 aromatic rings. The van der Waals surface area contributed by atoms with Gasteiger partial charge in [-0.15, -0.1) is 0 Å². The normalized spacial score (nSPS) is 18.9. The molecule has 0 aliphatic heterocycles. The van der Waals surface area contributed by atoms with Crippen molar-refractivity contribution in [3.8, 4) is 0 Å². The first-order valence-corrected chi connectivity index (χ1v) is 6.47. The van der Waals surface area contributed by atoms with E-state index in [4.69, 9.17) is 5.84 Å². The topological polar surface area (TPSA) is 62.4 Å². The SMILES string of the molecule is CC(C)CN=C(NN)NCC1CCCCC1. The molecule has 1 aliphatic rings. The molecular weight excluding hydrogens is 200 g/mol. The highest BCUT2D eigenvalue weighted by Gasteiger charge is 2.13. The quantitative estimate of drug-likeness (QED) is 0.295. The second-order valence-corrected chi connectivity index (χ2v) is 5.11. The van der Waals surface area contributed by atoms with Crippen molar-refractivity contribution in [1.82, 2.24) is 10.7 Å². The van der Waals surface area contributed by atoms with E-state index in [9.17, 15) is 0 Å². The number of hydrogen-bond donors (Lipinski definition) is 3. The van der Waals surface area contributed by atoms with Gasteiger partial charge in [-0.2, -0.15) is 0 Å². The third-order valence-electron chi connectivity index (χ3n) is 3.03. The molecule has 0 bridgehead atoms. The van der Waals surface area contributed by atoms with E-state index in [1.54, 1.807) is 0 Å². The molecule has 1 fully saturated rings. The molecular formula is C12H26N4. The molecule has 0 aromatic heterocycles. The lowest BCUT2D eigenvalue weighted by atomic mass is 9.89. The Morgan fingerprint density at radius 3 is 2.56 bits per heavy atom. The van der Waals surface area contributed by atoms with Crippen molar-refractivity contribution in [3.05, 3.63) is 0 Å². The third-order valence-corrected chi connectivity index (χ3v) is 3.03. The summed E-state index contributed by atoms with van der Waals surface area (Å²) in [5, 5.41) is 3.31. The smallest absolute Gasteiger partial charge is 0.205 e. The number of nitrogens with one attached hydrogen (secondary N) is 2. The van der Waals surface area contributed by atoms with Crippen LogP contribution in [0.4, 0.5) is 0 Å². The Morgan fingerprint density at radius 1 is 1.31 bits per heavy atom. The van der Waals surface area contributed by atoms with Crippen molar-refractivity contribution < 1.29 is 0 Å². The van der Waals surface area contributed by atoms with Crippen molar-refractivity contribution >= 4 is 5.96 Å². The Labute approximate surface area is 99.1 Å². The molecule has 16 heavy (non-hydrogen) atoms. The molecule has 1 aliphatic carbocycles. The number of rotatable bonds is 4. The summed E-state index contributed by atoms with van der Waals surface area (Å²) in [7, 11) is 0. The van der Waals surface area contributed by atoms with E-state index in [-0.39, 0.29) is 0 Å². The fourth-order valence-corrected chi connectivity index (χ4v) is 2.06. The van der Waals surface area contributed by atoms with Crippen LogP contribution in [0.25, 0.3) is 0 Å². The van der Waals surface area contributed by atoms with Crippen LogP contribution in [0.1, 0.15) is 46.0 Å². The van der Waals surface area contributed by atoms with Gasteiger partial charge in [-0.3, -0.25) is 10.4 Å². The van der Waals surface area contributed by atoms with Crippen LogP contribution in [-0.2, 0) is 0 Å². The maximum Gasteiger partial charge on any atom is 0.205 e. The molecule has 1 saturated carbocycles. The van der Waals surface area contributed by atoms with Gasteiger partial charge in [0.1, 0.15) is 0 Å². The fourth-order valence-electron chi connectivity index (χ4n) is 2.06. The van der Waals surface area contributed by atoms with Crippen LogP contribution < -0.4 is 16.6 Å². The Morgan fingerprint density at radius 2 is 2.00 bits per heavy atom. The lowest BCUT2D eigenvalue weighted by molar-refractivity contribution is 0.355. The number of nitrogens with two attached hydrogens (primary N) is 1. The number of aliphatic imine (C=N–C) groups is 1. The Bertz CT molecular complexity index is 207. The van der Waals surface area contributed by atoms with E-state index >= 15 is 0 Å². The van der Waals surface area contributed by atoms with Crippen LogP contribution in [-0.4, -0.2) is 19.0 Å². The van der Waals surface area contributed by atoms with Gasteiger partial charge >= 0.3 is 0 Å². The zero-order chi connectivity index (χ0) is 11.8. The average Bonchev–Trinajstić information content (AvgIpc) is 2.30. The minimum absolute atomic E-state index is 0.569. The number of hydrazine groups is 1. The van der Waals surface area contributed by atoms with Crippen LogP contribution in [0.5, 0.6) is 0 Å². The van der Waals surface area contributed by atoms with Crippen molar-refractivity contribution in [2.75, 3.05) is 13.1 Å². The molecule has 0 unspecified atom stereocenters. The van der Waals surface area contributed by atoms with Gasteiger partial charge in [0.15, 0.2) is 0 Å². The summed E-state index contributed by atoms with van der Waals surface area (Å²) in [6.07, 6.45) is 6.84. The molecule has 0 amide bonds. The molecule has 4 N–H and O–H groups in total. The predicted octanol–water partition coefficient (Wildman–Crippen LogP) is 1.63. The van der Waals surface area contributed by atoms with Gasteiger partial charge in [-0.25, -0.2) is 5.84 Å². The molecule has 0 saturated heterocycles. The summed E-state index contributed by atoms with van der Waals surface area (Å²) in [4.78, 5) is 4.40. The minimum atomic E-state index is 0.569. The zero-order valence-corrected chi connectivity index (χ0v) is 10.6.